The van der Waals surface area contributed by atoms with E-state index in [1.807, 2.05) is 32.0 Å². The molecule has 0 aliphatic rings. The number of pyridine rings is 1. The number of hydrogen-bond donors (Lipinski definition) is 1. The van der Waals surface area contributed by atoms with Gasteiger partial charge in [-0.2, -0.15) is 0 Å². The third-order valence-corrected chi connectivity index (χ3v) is 3.54. The number of rotatable bonds is 4. The van der Waals surface area contributed by atoms with E-state index in [1.165, 1.54) is 6.07 Å². The van der Waals surface area contributed by atoms with E-state index < -0.39 is 0 Å². The summed E-state index contributed by atoms with van der Waals surface area (Å²) >= 11 is 3.50. The zero-order chi connectivity index (χ0) is 13.8. The molecule has 2 nitrogen and oxygen atoms in total. The van der Waals surface area contributed by atoms with Gasteiger partial charge in [0.25, 0.3) is 0 Å². The molecule has 2 aromatic rings. The molecule has 1 aromatic carbocycles. The molecule has 2 rings (SSSR count). The normalized spacial score (nSPS) is 12.4. The van der Waals surface area contributed by atoms with Gasteiger partial charge in [-0.05, 0) is 64.8 Å². The fourth-order valence-electron chi connectivity index (χ4n) is 2.12. The fraction of sp³-hybridized carbons (Fsp3) is 0.267. The Bertz CT molecular complexity index is 552. The van der Waals surface area contributed by atoms with Crippen LogP contribution >= 0.6 is 15.9 Å². The van der Waals surface area contributed by atoms with Gasteiger partial charge in [-0.25, -0.2) is 4.39 Å². The van der Waals surface area contributed by atoms with E-state index in [0.717, 1.165) is 27.8 Å². The second-order valence-corrected chi connectivity index (χ2v) is 5.28. The molecule has 0 aliphatic heterocycles. The molecule has 1 N–H and O–H groups in total. The van der Waals surface area contributed by atoms with Crippen molar-refractivity contribution in [1.82, 2.24) is 10.3 Å². The first kappa shape index (κ1) is 14.2. The highest BCUT2D eigenvalue weighted by atomic mass is 79.9. The summed E-state index contributed by atoms with van der Waals surface area (Å²) in [6.07, 6.45) is 1.75. The van der Waals surface area contributed by atoms with Crippen LogP contribution in [0.25, 0.3) is 0 Å². The van der Waals surface area contributed by atoms with Crippen molar-refractivity contribution in [3.63, 3.8) is 0 Å². The van der Waals surface area contributed by atoms with Crippen LogP contribution < -0.4 is 5.32 Å². The zero-order valence-corrected chi connectivity index (χ0v) is 12.5. The van der Waals surface area contributed by atoms with E-state index in [0.29, 0.717) is 0 Å². The maximum atomic E-state index is 13.6. The highest BCUT2D eigenvalue weighted by Crippen LogP contribution is 2.27. The van der Waals surface area contributed by atoms with E-state index in [-0.39, 0.29) is 11.9 Å². The lowest BCUT2D eigenvalue weighted by molar-refractivity contribution is 0.592. The van der Waals surface area contributed by atoms with Gasteiger partial charge in [0.15, 0.2) is 0 Å². The Kier molecular flexibility index (Phi) is 4.66. The molecular formula is C15H16BrFN2. The quantitative estimate of drug-likeness (QED) is 0.920. The molecule has 0 amide bonds. The fourth-order valence-corrected chi connectivity index (χ4v) is 2.60. The monoisotopic (exact) mass is 322 g/mol. The van der Waals surface area contributed by atoms with Crippen molar-refractivity contribution in [2.45, 2.75) is 19.9 Å². The number of nitrogens with zero attached hydrogens (tertiary/aromatic N) is 1. The maximum absolute atomic E-state index is 13.6. The largest absolute Gasteiger partial charge is 0.305 e. The number of nitrogens with one attached hydrogen (secondary N) is 1. The summed E-state index contributed by atoms with van der Waals surface area (Å²) in [5, 5.41) is 3.35. The van der Waals surface area contributed by atoms with Crippen LogP contribution in [0.4, 0.5) is 4.39 Å². The SMILES string of the molecule is CCNC(c1cc(C)cc(F)c1)c1ncccc1Br. The van der Waals surface area contributed by atoms with Crippen molar-refractivity contribution in [2.24, 2.45) is 0 Å². The molecule has 0 radical (unpaired) electrons. The van der Waals surface area contributed by atoms with Crippen LogP contribution in [0.1, 0.15) is 29.8 Å². The predicted octanol–water partition coefficient (Wildman–Crippen LogP) is 3.99. The van der Waals surface area contributed by atoms with Crippen molar-refractivity contribution in [3.8, 4) is 0 Å². The first-order chi connectivity index (χ1) is 9.11. The van der Waals surface area contributed by atoms with Gasteiger partial charge >= 0.3 is 0 Å². The first-order valence-corrected chi connectivity index (χ1v) is 7.02. The summed E-state index contributed by atoms with van der Waals surface area (Å²) < 4.78 is 14.5. The van der Waals surface area contributed by atoms with Crippen molar-refractivity contribution in [3.05, 3.63) is 63.6 Å². The van der Waals surface area contributed by atoms with Crippen LogP contribution in [0.15, 0.2) is 41.0 Å². The Hall–Kier alpha value is -1.26. The number of benzene rings is 1. The molecule has 19 heavy (non-hydrogen) atoms. The van der Waals surface area contributed by atoms with Crippen molar-refractivity contribution in [1.29, 1.82) is 0 Å². The molecule has 0 spiro atoms. The lowest BCUT2D eigenvalue weighted by Crippen LogP contribution is -2.23. The molecule has 100 valence electrons. The molecule has 0 aliphatic carbocycles. The molecular weight excluding hydrogens is 307 g/mol. The van der Waals surface area contributed by atoms with Crippen LogP contribution in [-0.2, 0) is 0 Å². The molecule has 0 fully saturated rings. The van der Waals surface area contributed by atoms with Crippen molar-refractivity contribution in [2.75, 3.05) is 6.54 Å². The molecule has 0 saturated carbocycles. The van der Waals surface area contributed by atoms with Gasteiger partial charge in [0.05, 0.1) is 11.7 Å². The lowest BCUT2D eigenvalue weighted by Gasteiger charge is -2.19. The van der Waals surface area contributed by atoms with Gasteiger partial charge < -0.3 is 5.32 Å². The van der Waals surface area contributed by atoms with Gasteiger partial charge in [0.1, 0.15) is 5.82 Å². The lowest BCUT2D eigenvalue weighted by atomic mass is 10.0. The first-order valence-electron chi connectivity index (χ1n) is 6.22. The van der Waals surface area contributed by atoms with Crippen LogP contribution in [-0.4, -0.2) is 11.5 Å². The molecule has 0 bridgehead atoms. The minimum absolute atomic E-state index is 0.116. The third-order valence-electron chi connectivity index (χ3n) is 2.87. The van der Waals surface area contributed by atoms with Gasteiger partial charge in [0.2, 0.25) is 0 Å². The smallest absolute Gasteiger partial charge is 0.123 e. The predicted molar refractivity (Wildman–Crippen MR) is 78.6 cm³/mol. The van der Waals surface area contributed by atoms with Crippen LogP contribution in [0, 0.1) is 12.7 Å². The van der Waals surface area contributed by atoms with E-state index in [9.17, 15) is 4.39 Å². The standard InChI is InChI=1S/C15H16BrFN2/c1-3-18-14(15-13(16)5-4-6-19-15)11-7-10(2)8-12(17)9-11/h4-9,14,18H,3H2,1-2H3. The minimum atomic E-state index is -0.218. The van der Waals surface area contributed by atoms with Gasteiger partial charge in [0, 0.05) is 10.7 Å². The summed E-state index contributed by atoms with van der Waals surface area (Å²) in [7, 11) is 0. The average Bonchev–Trinajstić information content (AvgIpc) is 2.36. The summed E-state index contributed by atoms with van der Waals surface area (Å²) in [6.45, 7) is 4.70. The number of aromatic nitrogens is 1. The molecule has 1 aromatic heterocycles. The zero-order valence-electron chi connectivity index (χ0n) is 11.0. The Morgan fingerprint density at radius 1 is 1.37 bits per heavy atom. The van der Waals surface area contributed by atoms with Crippen molar-refractivity contribution < 1.29 is 4.39 Å². The molecule has 1 heterocycles. The Morgan fingerprint density at radius 2 is 2.16 bits per heavy atom. The topological polar surface area (TPSA) is 24.9 Å². The maximum Gasteiger partial charge on any atom is 0.123 e. The average molecular weight is 323 g/mol. The Balaban J connectivity index is 2.48. The second kappa shape index (κ2) is 6.26. The summed E-state index contributed by atoms with van der Waals surface area (Å²) in [4.78, 5) is 4.40. The summed E-state index contributed by atoms with van der Waals surface area (Å²) in [5.74, 6) is -0.218. The molecule has 4 heteroatoms. The number of halogens is 2. The highest BCUT2D eigenvalue weighted by molar-refractivity contribution is 9.10. The molecule has 0 saturated heterocycles. The van der Waals surface area contributed by atoms with Gasteiger partial charge in [-0.3, -0.25) is 4.98 Å². The number of hydrogen-bond acceptors (Lipinski definition) is 2. The van der Waals surface area contributed by atoms with Crippen LogP contribution in [0.5, 0.6) is 0 Å². The molecule has 1 atom stereocenters. The Labute approximate surface area is 121 Å². The third kappa shape index (κ3) is 3.39. The second-order valence-electron chi connectivity index (χ2n) is 4.42. The highest BCUT2D eigenvalue weighted by Gasteiger charge is 2.18. The van der Waals surface area contributed by atoms with E-state index in [2.05, 4.69) is 26.2 Å². The van der Waals surface area contributed by atoms with E-state index in [4.69, 9.17) is 0 Å². The van der Waals surface area contributed by atoms with E-state index in [1.54, 1.807) is 12.3 Å². The minimum Gasteiger partial charge on any atom is -0.305 e. The van der Waals surface area contributed by atoms with Gasteiger partial charge in [-0.1, -0.05) is 13.0 Å². The number of aryl methyl sites for hydroxylation is 1. The summed E-state index contributed by atoms with van der Waals surface area (Å²) in [6, 6.07) is 8.76. The van der Waals surface area contributed by atoms with Crippen LogP contribution in [0.3, 0.4) is 0 Å². The summed E-state index contributed by atoms with van der Waals surface area (Å²) in [5.41, 5.74) is 2.66. The van der Waals surface area contributed by atoms with Crippen LogP contribution in [0.2, 0.25) is 0 Å². The molecule has 1 unspecified atom stereocenters. The van der Waals surface area contributed by atoms with Gasteiger partial charge in [-0.15, -0.1) is 0 Å². The Morgan fingerprint density at radius 3 is 2.79 bits per heavy atom. The van der Waals surface area contributed by atoms with E-state index >= 15 is 0 Å². The van der Waals surface area contributed by atoms with Crippen molar-refractivity contribution >= 4 is 15.9 Å².